The molecule has 0 fully saturated rings. The first-order valence-electron chi connectivity index (χ1n) is 8.06. The van der Waals surface area contributed by atoms with Crippen molar-refractivity contribution in [1.29, 1.82) is 0 Å². The highest BCUT2D eigenvalue weighted by molar-refractivity contribution is 7.05. The third-order valence-corrected chi connectivity index (χ3v) is 7.92. The first kappa shape index (κ1) is 15.5. The normalized spacial score (nSPS) is 12.2. The number of rotatable bonds is 4. The van der Waals surface area contributed by atoms with E-state index in [4.69, 9.17) is 0 Å². The summed E-state index contributed by atoms with van der Waals surface area (Å²) in [5.41, 5.74) is 2.60. The minimum absolute atomic E-state index is 1.27. The molecule has 23 heavy (non-hydrogen) atoms. The fraction of sp³-hybridized carbons (Fsp3) is 0.0909. The third kappa shape index (κ3) is 3.52. The first-order chi connectivity index (χ1) is 11.2. The van der Waals surface area contributed by atoms with Crippen LogP contribution in [0.2, 0.25) is 13.1 Å². The van der Waals surface area contributed by atoms with Crippen LogP contribution in [0.3, 0.4) is 0 Å². The molecule has 0 aromatic heterocycles. The molecule has 0 aliphatic carbocycles. The van der Waals surface area contributed by atoms with Crippen molar-refractivity contribution in [3.8, 4) is 0 Å². The molecule has 0 nitrogen and oxygen atoms in total. The quantitative estimate of drug-likeness (QED) is 0.448. The molecule has 1 heteroatoms. The van der Waals surface area contributed by atoms with E-state index in [0.29, 0.717) is 0 Å². The molecule has 0 N–H and O–H groups in total. The van der Waals surface area contributed by atoms with Crippen LogP contribution in [0.25, 0.3) is 11.3 Å². The molecule has 0 aliphatic heterocycles. The average molecular weight is 315 g/mol. The van der Waals surface area contributed by atoms with Crippen molar-refractivity contribution in [2.24, 2.45) is 0 Å². The molecule has 0 radical (unpaired) electrons. The van der Waals surface area contributed by atoms with Crippen molar-refractivity contribution >= 4 is 24.5 Å². The van der Waals surface area contributed by atoms with Crippen LogP contribution in [0, 0.1) is 0 Å². The smallest absolute Gasteiger partial charge is 0.0626 e. The Morgan fingerprint density at radius 1 is 0.652 bits per heavy atom. The summed E-state index contributed by atoms with van der Waals surface area (Å²) in [4.78, 5) is 0. The van der Waals surface area contributed by atoms with Crippen LogP contribution in [-0.4, -0.2) is 8.07 Å². The predicted molar refractivity (Wildman–Crippen MR) is 104 cm³/mol. The van der Waals surface area contributed by atoms with E-state index in [0.717, 1.165) is 0 Å². The maximum absolute atomic E-state index is 2.43. The van der Waals surface area contributed by atoms with Gasteiger partial charge in [-0.1, -0.05) is 115 Å². The Labute approximate surface area is 140 Å². The molecule has 3 aromatic rings. The van der Waals surface area contributed by atoms with E-state index in [2.05, 4.69) is 110 Å². The van der Waals surface area contributed by atoms with E-state index in [1.807, 2.05) is 0 Å². The standard InChI is InChI=1S/C22H22Si/c1-23(2,21-16-10-5-11-17-21)22(20-14-8-4-9-15-20)18-19-12-6-3-7-13-19/h3-18H,1-2H3/b22-18+. The maximum atomic E-state index is 2.43. The lowest BCUT2D eigenvalue weighted by Crippen LogP contribution is -2.42. The summed E-state index contributed by atoms with van der Waals surface area (Å²) in [7, 11) is -1.77. The Morgan fingerprint density at radius 3 is 1.70 bits per heavy atom. The lowest BCUT2D eigenvalue weighted by Gasteiger charge is -2.27. The summed E-state index contributed by atoms with van der Waals surface area (Å²) >= 11 is 0. The molecule has 0 heterocycles. The monoisotopic (exact) mass is 314 g/mol. The lowest BCUT2D eigenvalue weighted by atomic mass is 10.1. The van der Waals surface area contributed by atoms with Gasteiger partial charge in [-0.25, -0.2) is 0 Å². The van der Waals surface area contributed by atoms with Crippen molar-refractivity contribution in [3.63, 3.8) is 0 Å². The van der Waals surface area contributed by atoms with Crippen LogP contribution in [0.4, 0.5) is 0 Å². The zero-order valence-corrected chi connectivity index (χ0v) is 14.7. The van der Waals surface area contributed by atoms with Crippen molar-refractivity contribution in [2.75, 3.05) is 0 Å². The Hall–Kier alpha value is -2.38. The van der Waals surface area contributed by atoms with Gasteiger partial charge in [-0.2, -0.15) is 0 Å². The van der Waals surface area contributed by atoms with Gasteiger partial charge in [0.15, 0.2) is 0 Å². The SMILES string of the molecule is C[Si](C)(/C(=C/c1ccccc1)c1ccccc1)c1ccccc1. The molecule has 3 rings (SSSR count). The largest absolute Gasteiger partial charge is 0.113 e. The molecular formula is C22H22Si. The fourth-order valence-electron chi connectivity index (χ4n) is 2.97. The van der Waals surface area contributed by atoms with Crippen LogP contribution in [0.5, 0.6) is 0 Å². The van der Waals surface area contributed by atoms with Gasteiger partial charge in [0.1, 0.15) is 8.07 Å². The van der Waals surface area contributed by atoms with Gasteiger partial charge in [0.25, 0.3) is 0 Å². The lowest BCUT2D eigenvalue weighted by molar-refractivity contribution is 1.61. The van der Waals surface area contributed by atoms with E-state index in [9.17, 15) is 0 Å². The molecule has 0 spiro atoms. The van der Waals surface area contributed by atoms with Gasteiger partial charge in [0.2, 0.25) is 0 Å². The maximum Gasteiger partial charge on any atom is 0.113 e. The Balaban J connectivity index is 2.15. The number of benzene rings is 3. The predicted octanol–water partition coefficient (Wildman–Crippen LogP) is 5.38. The molecule has 114 valence electrons. The van der Waals surface area contributed by atoms with Gasteiger partial charge < -0.3 is 0 Å². The van der Waals surface area contributed by atoms with E-state index >= 15 is 0 Å². The second-order valence-corrected chi connectivity index (χ2v) is 10.7. The highest BCUT2D eigenvalue weighted by atomic mass is 28.3. The molecule has 0 saturated heterocycles. The van der Waals surface area contributed by atoms with Gasteiger partial charge in [0.05, 0.1) is 0 Å². The van der Waals surface area contributed by atoms with E-state index in [1.165, 1.54) is 21.5 Å². The van der Waals surface area contributed by atoms with Gasteiger partial charge in [-0.15, -0.1) is 0 Å². The molecular weight excluding hydrogens is 292 g/mol. The summed E-state index contributed by atoms with van der Waals surface area (Å²) in [6.45, 7) is 4.87. The van der Waals surface area contributed by atoms with Crippen LogP contribution < -0.4 is 5.19 Å². The summed E-state index contributed by atoms with van der Waals surface area (Å²) in [5.74, 6) is 0. The van der Waals surface area contributed by atoms with Gasteiger partial charge in [-0.3, -0.25) is 0 Å². The zero-order chi connectivity index (χ0) is 16.1. The van der Waals surface area contributed by atoms with Crippen molar-refractivity contribution in [1.82, 2.24) is 0 Å². The second-order valence-electron chi connectivity index (χ2n) is 6.33. The topological polar surface area (TPSA) is 0 Å². The van der Waals surface area contributed by atoms with Gasteiger partial charge in [-0.05, 0) is 16.3 Å². The fourth-order valence-corrected chi connectivity index (χ4v) is 5.72. The van der Waals surface area contributed by atoms with E-state index in [-0.39, 0.29) is 0 Å². The molecule has 0 atom stereocenters. The third-order valence-electron chi connectivity index (χ3n) is 4.36. The van der Waals surface area contributed by atoms with E-state index in [1.54, 1.807) is 0 Å². The molecule has 0 unspecified atom stereocenters. The Bertz CT molecular complexity index is 772. The highest BCUT2D eigenvalue weighted by Gasteiger charge is 2.29. The molecule has 3 aromatic carbocycles. The minimum Gasteiger partial charge on any atom is -0.0626 e. The minimum atomic E-state index is -1.77. The average Bonchev–Trinajstić information content (AvgIpc) is 2.62. The Kier molecular flexibility index (Phi) is 4.59. The zero-order valence-electron chi connectivity index (χ0n) is 13.7. The molecule has 0 aliphatic rings. The first-order valence-corrected chi connectivity index (χ1v) is 11.1. The number of hydrogen-bond donors (Lipinski definition) is 0. The van der Waals surface area contributed by atoms with Crippen molar-refractivity contribution < 1.29 is 0 Å². The summed E-state index contributed by atoms with van der Waals surface area (Å²) in [6, 6.07) is 32.4. The van der Waals surface area contributed by atoms with Crippen molar-refractivity contribution in [2.45, 2.75) is 13.1 Å². The summed E-state index contributed by atoms with van der Waals surface area (Å²) < 4.78 is 0. The van der Waals surface area contributed by atoms with Crippen LogP contribution in [-0.2, 0) is 0 Å². The molecule has 0 saturated carbocycles. The Morgan fingerprint density at radius 2 is 1.13 bits per heavy atom. The molecule has 0 amide bonds. The summed E-state index contributed by atoms with van der Waals surface area (Å²) in [5, 5.41) is 2.93. The van der Waals surface area contributed by atoms with Crippen LogP contribution >= 0.6 is 0 Å². The molecule has 0 bridgehead atoms. The second kappa shape index (κ2) is 6.80. The van der Waals surface area contributed by atoms with Crippen molar-refractivity contribution in [3.05, 3.63) is 102 Å². The van der Waals surface area contributed by atoms with Crippen LogP contribution in [0.15, 0.2) is 91.0 Å². The highest BCUT2D eigenvalue weighted by Crippen LogP contribution is 2.28. The summed E-state index contributed by atoms with van der Waals surface area (Å²) in [6.07, 6.45) is 2.37. The van der Waals surface area contributed by atoms with E-state index < -0.39 is 8.07 Å². The number of hydrogen-bond acceptors (Lipinski definition) is 0. The van der Waals surface area contributed by atoms with Crippen LogP contribution in [0.1, 0.15) is 11.1 Å². The van der Waals surface area contributed by atoms with Gasteiger partial charge >= 0.3 is 0 Å². The van der Waals surface area contributed by atoms with Gasteiger partial charge in [0, 0.05) is 0 Å².